The van der Waals surface area contributed by atoms with Crippen LogP contribution in [0.3, 0.4) is 0 Å². The molecule has 3 rings (SSSR count). The van der Waals surface area contributed by atoms with Crippen LogP contribution in [0, 0.1) is 0 Å². The van der Waals surface area contributed by atoms with Crippen LogP contribution in [-0.4, -0.2) is 27.4 Å². The number of hydrogen-bond donors (Lipinski definition) is 0. The van der Waals surface area contributed by atoms with E-state index in [9.17, 15) is 18.0 Å². The van der Waals surface area contributed by atoms with Gasteiger partial charge >= 0.3 is 5.51 Å². The van der Waals surface area contributed by atoms with E-state index in [1.807, 2.05) is 25.3 Å². The predicted molar refractivity (Wildman–Crippen MR) is 82.2 cm³/mol. The third-order valence-corrected chi connectivity index (χ3v) is 4.68. The Morgan fingerprint density at radius 2 is 1.87 bits per heavy atom. The zero-order chi connectivity index (χ0) is 16.6. The van der Waals surface area contributed by atoms with Crippen LogP contribution in [0.15, 0.2) is 47.5 Å². The number of hydrogen-bond acceptors (Lipinski definition) is 2. The molecule has 1 atom stereocenters. The Labute approximate surface area is 136 Å². The van der Waals surface area contributed by atoms with Crippen molar-refractivity contribution in [3.8, 4) is 0 Å². The molecule has 1 aromatic heterocycles. The number of halogens is 3. The Morgan fingerprint density at radius 1 is 1.17 bits per heavy atom. The second-order valence-corrected chi connectivity index (χ2v) is 6.51. The van der Waals surface area contributed by atoms with E-state index in [1.165, 1.54) is 24.3 Å². The number of nitrogens with zero attached hydrogens (tertiary/aromatic N) is 2. The van der Waals surface area contributed by atoms with E-state index in [4.69, 9.17) is 0 Å². The molecule has 0 unspecified atom stereocenters. The molecule has 1 aliphatic heterocycles. The average Bonchev–Trinajstić information content (AvgIpc) is 2.95. The molecule has 0 N–H and O–H groups in total. The first-order valence-corrected chi connectivity index (χ1v) is 7.98. The van der Waals surface area contributed by atoms with E-state index < -0.39 is 5.51 Å². The molecule has 0 saturated carbocycles. The summed E-state index contributed by atoms with van der Waals surface area (Å²) in [6.07, 6.45) is 1.98. The molecule has 0 bridgehead atoms. The number of alkyl halides is 3. The van der Waals surface area contributed by atoms with Crippen LogP contribution in [0.25, 0.3) is 0 Å². The highest BCUT2D eigenvalue weighted by Crippen LogP contribution is 2.37. The van der Waals surface area contributed by atoms with Crippen LogP contribution in [0.2, 0.25) is 0 Å². The van der Waals surface area contributed by atoms with Gasteiger partial charge in [0.2, 0.25) is 0 Å². The van der Waals surface area contributed by atoms with Crippen LogP contribution in [-0.2, 0) is 6.54 Å². The first kappa shape index (κ1) is 16.0. The zero-order valence-electron chi connectivity index (χ0n) is 12.4. The zero-order valence-corrected chi connectivity index (χ0v) is 13.2. The van der Waals surface area contributed by atoms with Crippen LogP contribution >= 0.6 is 11.8 Å². The lowest BCUT2D eigenvalue weighted by atomic mass is 10.1. The molecular weight excluding hydrogens is 325 g/mol. The largest absolute Gasteiger partial charge is 0.446 e. The lowest BCUT2D eigenvalue weighted by Crippen LogP contribution is -2.40. The monoisotopic (exact) mass is 340 g/mol. The Balaban J connectivity index is 1.76. The molecule has 0 fully saturated rings. The van der Waals surface area contributed by atoms with Crippen LogP contribution in [0.4, 0.5) is 13.2 Å². The number of rotatable bonds is 2. The van der Waals surface area contributed by atoms with Crippen molar-refractivity contribution >= 4 is 17.7 Å². The predicted octanol–water partition coefficient (Wildman–Crippen LogP) is 4.32. The second kappa shape index (κ2) is 5.96. The van der Waals surface area contributed by atoms with Gasteiger partial charge in [-0.05, 0) is 55.1 Å². The van der Waals surface area contributed by atoms with Gasteiger partial charge in [0.15, 0.2) is 0 Å². The Morgan fingerprint density at radius 3 is 2.52 bits per heavy atom. The fraction of sp³-hybridized carbons (Fsp3) is 0.312. The Kier molecular flexibility index (Phi) is 4.14. The highest BCUT2D eigenvalue weighted by atomic mass is 32.2. The highest BCUT2D eigenvalue weighted by molar-refractivity contribution is 8.00. The molecule has 23 heavy (non-hydrogen) atoms. The maximum absolute atomic E-state index is 12.6. The summed E-state index contributed by atoms with van der Waals surface area (Å²) in [6, 6.07) is 9.45. The maximum Gasteiger partial charge on any atom is 0.446 e. The summed E-state index contributed by atoms with van der Waals surface area (Å²) in [4.78, 5) is 14.5. The summed E-state index contributed by atoms with van der Waals surface area (Å²) >= 11 is -0.179. The molecule has 0 saturated heterocycles. The molecule has 1 aromatic carbocycles. The lowest BCUT2D eigenvalue weighted by molar-refractivity contribution is -0.0328. The number of carbonyl (C=O) groups excluding carboxylic acids is 1. The van der Waals surface area contributed by atoms with Gasteiger partial charge in [-0.25, -0.2) is 0 Å². The normalized spacial score (nSPS) is 17.9. The topological polar surface area (TPSA) is 25.2 Å². The van der Waals surface area contributed by atoms with Gasteiger partial charge in [0.1, 0.15) is 0 Å². The van der Waals surface area contributed by atoms with Crippen molar-refractivity contribution in [2.45, 2.75) is 29.9 Å². The molecule has 3 nitrogen and oxygen atoms in total. The Hall–Kier alpha value is -1.89. The van der Waals surface area contributed by atoms with Crippen molar-refractivity contribution < 1.29 is 18.0 Å². The first-order valence-electron chi connectivity index (χ1n) is 7.17. The third kappa shape index (κ3) is 3.39. The van der Waals surface area contributed by atoms with E-state index in [-0.39, 0.29) is 28.6 Å². The molecule has 0 aliphatic carbocycles. The third-order valence-electron chi connectivity index (χ3n) is 3.94. The number of thioether (sulfide) groups is 1. The molecule has 2 heterocycles. The quantitative estimate of drug-likeness (QED) is 0.761. The van der Waals surface area contributed by atoms with Crippen LogP contribution in [0.1, 0.15) is 29.0 Å². The van der Waals surface area contributed by atoms with Crippen molar-refractivity contribution in [1.29, 1.82) is 0 Å². The first-order chi connectivity index (χ1) is 10.8. The van der Waals surface area contributed by atoms with Gasteiger partial charge in [0, 0.05) is 35.4 Å². The average molecular weight is 340 g/mol. The molecule has 1 aliphatic rings. The SMILES string of the molecule is C[C@H]1c2cccn2CCN1C(=O)c1ccc(SC(F)(F)F)cc1. The Bertz CT molecular complexity index is 709. The summed E-state index contributed by atoms with van der Waals surface area (Å²) in [5.74, 6) is -0.159. The van der Waals surface area contributed by atoms with E-state index in [0.29, 0.717) is 12.1 Å². The molecule has 0 spiro atoms. The van der Waals surface area contributed by atoms with Gasteiger partial charge in [-0.2, -0.15) is 13.2 Å². The number of aromatic nitrogens is 1. The van der Waals surface area contributed by atoms with E-state index in [0.717, 1.165) is 12.2 Å². The van der Waals surface area contributed by atoms with Crippen molar-refractivity contribution in [1.82, 2.24) is 9.47 Å². The molecule has 2 aromatic rings. The fourth-order valence-corrected chi connectivity index (χ4v) is 3.36. The number of carbonyl (C=O) groups is 1. The van der Waals surface area contributed by atoms with Crippen molar-refractivity contribution in [2.24, 2.45) is 0 Å². The van der Waals surface area contributed by atoms with Gasteiger partial charge < -0.3 is 9.47 Å². The molecule has 122 valence electrons. The second-order valence-electron chi connectivity index (χ2n) is 5.37. The number of amides is 1. The summed E-state index contributed by atoms with van der Waals surface area (Å²) < 4.78 is 39.1. The van der Waals surface area contributed by atoms with Crippen molar-refractivity contribution in [2.75, 3.05) is 6.54 Å². The van der Waals surface area contributed by atoms with E-state index in [1.54, 1.807) is 4.90 Å². The summed E-state index contributed by atoms with van der Waals surface area (Å²) in [7, 11) is 0. The standard InChI is InChI=1S/C16H15F3N2OS/c1-11-14-3-2-8-20(14)9-10-21(11)15(22)12-4-6-13(7-5-12)23-16(17,18)19/h2-8,11H,9-10H2,1H3/t11-/m0/s1. The van der Waals surface area contributed by atoms with E-state index in [2.05, 4.69) is 4.57 Å². The molecule has 7 heteroatoms. The lowest BCUT2D eigenvalue weighted by Gasteiger charge is -2.35. The molecule has 0 radical (unpaired) electrons. The van der Waals surface area contributed by atoms with Gasteiger partial charge in [-0.15, -0.1) is 0 Å². The minimum Gasteiger partial charge on any atom is -0.348 e. The summed E-state index contributed by atoms with van der Waals surface area (Å²) in [5.41, 5.74) is -2.85. The van der Waals surface area contributed by atoms with Gasteiger partial charge in [-0.1, -0.05) is 0 Å². The minimum absolute atomic E-state index is 0.0597. The van der Waals surface area contributed by atoms with Crippen LogP contribution < -0.4 is 0 Å². The number of fused-ring (bicyclic) bond motifs is 1. The van der Waals surface area contributed by atoms with E-state index >= 15 is 0 Å². The van der Waals surface area contributed by atoms with Crippen molar-refractivity contribution in [3.63, 3.8) is 0 Å². The summed E-state index contributed by atoms with van der Waals surface area (Å²) in [5, 5.41) is 0. The van der Waals surface area contributed by atoms with Gasteiger partial charge in [0.05, 0.1) is 6.04 Å². The van der Waals surface area contributed by atoms with Crippen LogP contribution in [0.5, 0.6) is 0 Å². The van der Waals surface area contributed by atoms with Crippen molar-refractivity contribution in [3.05, 3.63) is 53.9 Å². The highest BCUT2D eigenvalue weighted by Gasteiger charge is 2.30. The molecule has 1 amide bonds. The molecular formula is C16H15F3N2OS. The maximum atomic E-state index is 12.6. The minimum atomic E-state index is -4.32. The van der Waals surface area contributed by atoms with Gasteiger partial charge in [0.25, 0.3) is 5.91 Å². The smallest absolute Gasteiger partial charge is 0.348 e. The summed E-state index contributed by atoms with van der Waals surface area (Å²) in [6.45, 7) is 3.26. The fourth-order valence-electron chi connectivity index (χ4n) is 2.82. The van der Waals surface area contributed by atoms with Gasteiger partial charge in [-0.3, -0.25) is 4.79 Å². The number of benzene rings is 1.